The number of benzene rings is 1. The number of carbonyl (C=O) groups excluding carboxylic acids is 1. The molecule has 1 aromatic carbocycles. The van der Waals surface area contributed by atoms with Crippen LogP contribution in [0.25, 0.3) is 0 Å². The molecule has 0 radical (unpaired) electrons. The number of anilines is 1. The van der Waals surface area contributed by atoms with Gasteiger partial charge in [-0.2, -0.15) is 5.10 Å². The third kappa shape index (κ3) is 4.59. The van der Waals surface area contributed by atoms with Gasteiger partial charge < -0.3 is 14.9 Å². The average molecular weight is 519 g/mol. The van der Waals surface area contributed by atoms with E-state index in [1.54, 1.807) is 24.0 Å². The highest BCUT2D eigenvalue weighted by molar-refractivity contribution is 6.31. The first-order valence-corrected chi connectivity index (χ1v) is 11.2. The third-order valence-electron chi connectivity index (χ3n) is 5.83. The predicted molar refractivity (Wildman–Crippen MR) is 125 cm³/mol. The summed E-state index contributed by atoms with van der Waals surface area (Å²) in [7, 11) is 1.38. The van der Waals surface area contributed by atoms with Crippen LogP contribution in [-0.4, -0.2) is 35.5 Å². The van der Waals surface area contributed by atoms with E-state index in [9.17, 15) is 23.5 Å². The number of nitrogens with one attached hydrogen (secondary N) is 1. The Hall–Kier alpha value is -4.06. The van der Waals surface area contributed by atoms with Gasteiger partial charge in [0.05, 0.1) is 12.4 Å². The molecule has 3 heterocycles. The fourth-order valence-corrected chi connectivity index (χ4v) is 4.27. The fraction of sp³-hybridized carbons (Fsp3) is 0.261. The van der Waals surface area contributed by atoms with Crippen molar-refractivity contribution in [3.05, 3.63) is 86.6 Å². The number of rotatable bonds is 7. The molecule has 0 saturated heterocycles. The van der Waals surface area contributed by atoms with E-state index >= 15 is 0 Å². The van der Waals surface area contributed by atoms with E-state index in [0.29, 0.717) is 12.1 Å². The number of carbonyl (C=O) groups is 1. The largest absolute Gasteiger partial charge is 0.501 e. The van der Waals surface area contributed by atoms with Crippen molar-refractivity contribution >= 4 is 23.2 Å². The van der Waals surface area contributed by atoms with Gasteiger partial charge in [-0.25, -0.2) is 13.8 Å². The Labute approximate surface area is 208 Å². The molecule has 10 nitrogen and oxygen atoms in total. The summed E-state index contributed by atoms with van der Waals surface area (Å²) in [6, 6.07) is 1.86. The van der Waals surface area contributed by atoms with Crippen molar-refractivity contribution in [1.82, 2.24) is 24.5 Å². The molecule has 188 valence electrons. The van der Waals surface area contributed by atoms with Crippen molar-refractivity contribution in [3.63, 3.8) is 0 Å². The smallest absolute Gasteiger partial charge is 0.296 e. The molecule has 0 saturated carbocycles. The van der Waals surface area contributed by atoms with E-state index in [-0.39, 0.29) is 22.1 Å². The summed E-state index contributed by atoms with van der Waals surface area (Å²) < 4.78 is 35.5. The highest BCUT2D eigenvalue weighted by Gasteiger charge is 2.32. The topological polar surface area (TPSA) is 128 Å². The Balaban J connectivity index is 1.87. The highest BCUT2D eigenvalue weighted by atomic mass is 35.5. The standard InChI is InChI=1S/C23H21ClF2N6O4/c1-4-32-9-12(7-27-32)18(14-5-16(25)17(26)6-15(14)24)11(2)21-30-19(20(33)23(35)31(21)3)22(34)29-13-8-28-36-10-13/h5-11,18,33H,4H2,1-3H3,(H,29,34). The van der Waals surface area contributed by atoms with Crippen LogP contribution in [0.4, 0.5) is 14.5 Å². The van der Waals surface area contributed by atoms with Crippen LogP contribution in [0.3, 0.4) is 0 Å². The van der Waals surface area contributed by atoms with E-state index in [1.165, 1.54) is 13.2 Å². The Bertz CT molecular complexity index is 1480. The molecule has 0 aliphatic heterocycles. The lowest BCUT2D eigenvalue weighted by atomic mass is 9.82. The second-order valence-corrected chi connectivity index (χ2v) is 8.49. The van der Waals surface area contributed by atoms with E-state index in [4.69, 9.17) is 11.6 Å². The Morgan fingerprint density at radius 2 is 2.00 bits per heavy atom. The molecule has 4 aromatic rings. The maximum atomic E-state index is 14.3. The number of aromatic nitrogens is 5. The first-order valence-electron chi connectivity index (χ1n) is 10.8. The molecule has 1 amide bonds. The molecule has 0 bridgehead atoms. The highest BCUT2D eigenvalue weighted by Crippen LogP contribution is 2.41. The normalized spacial score (nSPS) is 12.9. The minimum absolute atomic E-state index is 0.0378. The van der Waals surface area contributed by atoms with Gasteiger partial charge in [0.1, 0.15) is 17.8 Å². The molecule has 2 N–H and O–H groups in total. The predicted octanol–water partition coefficient (Wildman–Crippen LogP) is 3.81. The lowest BCUT2D eigenvalue weighted by Gasteiger charge is -2.26. The summed E-state index contributed by atoms with van der Waals surface area (Å²) in [5.74, 6) is -5.32. The van der Waals surface area contributed by atoms with Gasteiger partial charge >= 0.3 is 0 Å². The quantitative estimate of drug-likeness (QED) is 0.356. The van der Waals surface area contributed by atoms with Gasteiger partial charge in [0.25, 0.3) is 11.5 Å². The molecule has 36 heavy (non-hydrogen) atoms. The summed E-state index contributed by atoms with van der Waals surface area (Å²) in [5, 5.41) is 20.5. The number of aryl methyl sites for hydroxylation is 1. The van der Waals surface area contributed by atoms with Crippen LogP contribution in [0.15, 0.2) is 46.3 Å². The number of hydrogen-bond acceptors (Lipinski definition) is 7. The van der Waals surface area contributed by atoms with Crippen LogP contribution in [0.2, 0.25) is 5.02 Å². The summed E-state index contributed by atoms with van der Waals surface area (Å²) in [5.41, 5.74) is -0.385. The number of aromatic hydroxyl groups is 1. The molecule has 0 fully saturated rings. The number of nitrogens with zero attached hydrogens (tertiary/aromatic N) is 5. The zero-order chi connectivity index (χ0) is 26.1. The Morgan fingerprint density at radius 1 is 1.28 bits per heavy atom. The molecule has 0 aliphatic carbocycles. The van der Waals surface area contributed by atoms with Crippen LogP contribution in [0, 0.1) is 11.6 Å². The second kappa shape index (κ2) is 9.90. The van der Waals surface area contributed by atoms with Crippen molar-refractivity contribution in [2.45, 2.75) is 32.2 Å². The van der Waals surface area contributed by atoms with Gasteiger partial charge in [-0.1, -0.05) is 23.7 Å². The van der Waals surface area contributed by atoms with Crippen LogP contribution >= 0.6 is 11.6 Å². The third-order valence-corrected chi connectivity index (χ3v) is 6.15. The lowest BCUT2D eigenvalue weighted by molar-refractivity contribution is 0.101. The molecular formula is C23H21ClF2N6O4. The molecule has 2 unspecified atom stereocenters. The minimum Gasteiger partial charge on any atom is -0.501 e. The van der Waals surface area contributed by atoms with Gasteiger partial charge in [-0.05, 0) is 30.2 Å². The minimum atomic E-state index is -1.11. The molecule has 13 heteroatoms. The fourth-order valence-electron chi connectivity index (χ4n) is 4.01. The Morgan fingerprint density at radius 3 is 2.64 bits per heavy atom. The van der Waals surface area contributed by atoms with Crippen LogP contribution in [0.5, 0.6) is 5.75 Å². The molecule has 0 aliphatic rings. The zero-order valence-electron chi connectivity index (χ0n) is 19.4. The van der Waals surface area contributed by atoms with Gasteiger partial charge in [-0.15, -0.1) is 0 Å². The summed E-state index contributed by atoms with van der Waals surface area (Å²) >= 11 is 6.33. The molecule has 4 rings (SSSR count). The SMILES string of the molecule is CCn1cc(C(c2cc(F)c(F)cc2Cl)C(C)c2nc(C(=O)Nc3cnoc3)c(O)c(=O)n2C)cn1. The van der Waals surface area contributed by atoms with Crippen molar-refractivity contribution in [2.24, 2.45) is 7.05 Å². The van der Waals surface area contributed by atoms with Crippen molar-refractivity contribution in [2.75, 3.05) is 5.32 Å². The van der Waals surface area contributed by atoms with Crippen LogP contribution < -0.4 is 10.9 Å². The first kappa shape index (κ1) is 25.0. The average Bonchev–Trinajstić information content (AvgIpc) is 3.53. The van der Waals surface area contributed by atoms with E-state index < -0.39 is 46.4 Å². The van der Waals surface area contributed by atoms with Crippen molar-refractivity contribution < 1.29 is 23.2 Å². The van der Waals surface area contributed by atoms with Crippen LogP contribution in [-0.2, 0) is 13.6 Å². The van der Waals surface area contributed by atoms with Gasteiger partial charge in [0.15, 0.2) is 17.3 Å². The summed E-state index contributed by atoms with van der Waals surface area (Å²) in [6.07, 6.45) is 5.66. The maximum Gasteiger partial charge on any atom is 0.296 e. The van der Waals surface area contributed by atoms with E-state index in [0.717, 1.165) is 23.0 Å². The molecule has 2 atom stereocenters. The Kier molecular flexibility index (Phi) is 6.88. The number of amides is 1. The molecule has 0 spiro atoms. The zero-order valence-corrected chi connectivity index (χ0v) is 20.1. The number of halogens is 3. The summed E-state index contributed by atoms with van der Waals surface area (Å²) in [6.45, 7) is 4.12. The summed E-state index contributed by atoms with van der Waals surface area (Å²) in [4.78, 5) is 29.9. The van der Waals surface area contributed by atoms with Gasteiger partial charge in [0.2, 0.25) is 5.75 Å². The molecule has 3 aromatic heterocycles. The van der Waals surface area contributed by atoms with Gasteiger partial charge in [-0.3, -0.25) is 18.8 Å². The maximum absolute atomic E-state index is 14.3. The van der Waals surface area contributed by atoms with E-state index in [1.807, 2.05) is 6.92 Å². The van der Waals surface area contributed by atoms with Crippen LogP contribution in [0.1, 0.15) is 53.1 Å². The van der Waals surface area contributed by atoms with Crippen molar-refractivity contribution in [1.29, 1.82) is 0 Å². The van der Waals surface area contributed by atoms with Gasteiger partial charge in [0, 0.05) is 36.6 Å². The number of hydrogen-bond donors (Lipinski definition) is 2. The van der Waals surface area contributed by atoms with Crippen molar-refractivity contribution in [3.8, 4) is 5.75 Å². The second-order valence-electron chi connectivity index (χ2n) is 8.08. The first-order chi connectivity index (χ1) is 17.1. The molecular weight excluding hydrogens is 498 g/mol. The monoisotopic (exact) mass is 518 g/mol. The van der Waals surface area contributed by atoms with E-state index in [2.05, 4.69) is 25.1 Å². The lowest BCUT2D eigenvalue weighted by Crippen LogP contribution is -2.29.